The highest BCUT2D eigenvalue weighted by Crippen LogP contribution is 2.21. The summed E-state index contributed by atoms with van der Waals surface area (Å²) in [5, 5.41) is 5.52. The summed E-state index contributed by atoms with van der Waals surface area (Å²) in [6.45, 7) is 2.26. The molecule has 3 nitrogen and oxygen atoms in total. The SMILES string of the molecule is NSc1ccnc(N2CCCCC2)c1. The highest BCUT2D eigenvalue weighted by Gasteiger charge is 2.11. The lowest BCUT2D eigenvalue weighted by molar-refractivity contribution is 0.573. The number of hydrogen-bond donors (Lipinski definition) is 1. The fraction of sp³-hybridized carbons (Fsp3) is 0.500. The molecule has 4 heteroatoms. The van der Waals surface area contributed by atoms with Gasteiger partial charge in [-0.25, -0.2) is 4.98 Å². The van der Waals surface area contributed by atoms with Gasteiger partial charge in [0.05, 0.1) is 0 Å². The van der Waals surface area contributed by atoms with Crippen LogP contribution in [0.15, 0.2) is 23.2 Å². The molecule has 1 aliphatic rings. The Morgan fingerprint density at radius 1 is 1.29 bits per heavy atom. The normalized spacial score (nSPS) is 17.1. The quantitative estimate of drug-likeness (QED) is 0.757. The maximum Gasteiger partial charge on any atom is 0.129 e. The average Bonchev–Trinajstić information content (AvgIpc) is 2.30. The van der Waals surface area contributed by atoms with E-state index in [1.54, 1.807) is 0 Å². The van der Waals surface area contributed by atoms with Gasteiger partial charge in [-0.05, 0) is 43.3 Å². The molecule has 2 N–H and O–H groups in total. The molecule has 0 saturated carbocycles. The van der Waals surface area contributed by atoms with Crippen molar-refractivity contribution in [3.05, 3.63) is 18.3 Å². The summed E-state index contributed by atoms with van der Waals surface area (Å²) >= 11 is 1.28. The highest BCUT2D eigenvalue weighted by atomic mass is 32.2. The molecule has 0 atom stereocenters. The van der Waals surface area contributed by atoms with Crippen molar-refractivity contribution in [2.24, 2.45) is 5.14 Å². The van der Waals surface area contributed by atoms with E-state index < -0.39 is 0 Å². The monoisotopic (exact) mass is 209 g/mol. The summed E-state index contributed by atoms with van der Waals surface area (Å²) in [7, 11) is 0. The third-order valence-electron chi connectivity index (χ3n) is 2.53. The van der Waals surface area contributed by atoms with Crippen LogP contribution >= 0.6 is 11.9 Å². The van der Waals surface area contributed by atoms with Gasteiger partial charge in [-0.1, -0.05) is 0 Å². The van der Waals surface area contributed by atoms with E-state index >= 15 is 0 Å². The average molecular weight is 209 g/mol. The fourth-order valence-electron chi connectivity index (χ4n) is 1.77. The van der Waals surface area contributed by atoms with Gasteiger partial charge in [-0.2, -0.15) is 0 Å². The van der Waals surface area contributed by atoms with E-state index in [-0.39, 0.29) is 0 Å². The first-order valence-corrected chi connectivity index (χ1v) is 5.86. The molecule has 76 valence electrons. The highest BCUT2D eigenvalue weighted by molar-refractivity contribution is 7.97. The number of hydrogen-bond acceptors (Lipinski definition) is 4. The van der Waals surface area contributed by atoms with Crippen molar-refractivity contribution < 1.29 is 0 Å². The minimum atomic E-state index is 1.07. The molecule has 0 bridgehead atoms. The Morgan fingerprint density at radius 2 is 2.07 bits per heavy atom. The van der Waals surface area contributed by atoms with Crippen LogP contribution in [0.25, 0.3) is 0 Å². The van der Waals surface area contributed by atoms with Crippen LogP contribution in [0.4, 0.5) is 5.82 Å². The molecule has 1 aromatic rings. The number of nitrogens with two attached hydrogens (primary N) is 1. The number of piperidine rings is 1. The van der Waals surface area contributed by atoms with E-state index in [4.69, 9.17) is 5.14 Å². The van der Waals surface area contributed by atoms with Crippen molar-refractivity contribution in [2.45, 2.75) is 24.2 Å². The van der Waals surface area contributed by atoms with Crippen LogP contribution in [0.3, 0.4) is 0 Å². The maximum absolute atomic E-state index is 5.52. The topological polar surface area (TPSA) is 42.1 Å². The van der Waals surface area contributed by atoms with E-state index in [9.17, 15) is 0 Å². The van der Waals surface area contributed by atoms with Gasteiger partial charge in [0, 0.05) is 24.2 Å². The van der Waals surface area contributed by atoms with E-state index in [0.29, 0.717) is 0 Å². The zero-order valence-corrected chi connectivity index (χ0v) is 8.96. The van der Waals surface area contributed by atoms with Gasteiger partial charge in [-0.3, -0.25) is 5.14 Å². The van der Waals surface area contributed by atoms with Gasteiger partial charge in [0.1, 0.15) is 5.82 Å². The van der Waals surface area contributed by atoms with Crippen LogP contribution in [0.2, 0.25) is 0 Å². The van der Waals surface area contributed by atoms with Gasteiger partial charge in [0.2, 0.25) is 0 Å². The predicted octanol–water partition coefficient (Wildman–Crippen LogP) is 2.04. The Bertz CT molecular complexity index is 297. The molecule has 0 aromatic carbocycles. The maximum atomic E-state index is 5.52. The van der Waals surface area contributed by atoms with E-state index in [0.717, 1.165) is 23.8 Å². The van der Waals surface area contributed by atoms with Crippen LogP contribution in [-0.4, -0.2) is 18.1 Å². The van der Waals surface area contributed by atoms with Crippen molar-refractivity contribution in [2.75, 3.05) is 18.0 Å². The van der Waals surface area contributed by atoms with E-state index in [2.05, 4.69) is 16.0 Å². The molecule has 0 unspecified atom stereocenters. The summed E-state index contributed by atoms with van der Waals surface area (Å²) in [5.74, 6) is 1.07. The Balaban J connectivity index is 2.13. The molecule has 0 radical (unpaired) electrons. The number of nitrogens with zero attached hydrogens (tertiary/aromatic N) is 2. The third-order valence-corrected chi connectivity index (χ3v) is 3.06. The molecule has 1 aromatic heterocycles. The Hall–Kier alpha value is -0.740. The van der Waals surface area contributed by atoms with Crippen LogP contribution in [-0.2, 0) is 0 Å². The molecule has 1 aliphatic heterocycles. The second kappa shape index (κ2) is 4.66. The molecule has 1 fully saturated rings. The summed E-state index contributed by atoms with van der Waals surface area (Å²) in [4.78, 5) is 7.79. The summed E-state index contributed by atoms with van der Waals surface area (Å²) in [5.41, 5.74) is 0. The third kappa shape index (κ3) is 2.19. The Kier molecular flexibility index (Phi) is 3.26. The zero-order valence-electron chi connectivity index (χ0n) is 8.15. The minimum absolute atomic E-state index is 1.07. The number of rotatable bonds is 2. The molecule has 0 aliphatic carbocycles. The van der Waals surface area contributed by atoms with Gasteiger partial charge in [0.25, 0.3) is 0 Å². The summed E-state index contributed by atoms with van der Waals surface area (Å²) < 4.78 is 0. The number of anilines is 1. The number of pyridine rings is 1. The first-order valence-electron chi connectivity index (χ1n) is 4.98. The first kappa shape index (κ1) is 9.80. The van der Waals surface area contributed by atoms with Crippen LogP contribution in [0, 0.1) is 0 Å². The smallest absolute Gasteiger partial charge is 0.129 e. The molecule has 0 amide bonds. The van der Waals surface area contributed by atoms with Crippen LogP contribution in [0.5, 0.6) is 0 Å². The zero-order chi connectivity index (χ0) is 9.80. The van der Waals surface area contributed by atoms with Crippen LogP contribution in [0.1, 0.15) is 19.3 Å². The lowest BCUT2D eigenvalue weighted by atomic mass is 10.1. The molecular formula is C10H15N3S. The minimum Gasteiger partial charge on any atom is -0.357 e. The number of aromatic nitrogens is 1. The summed E-state index contributed by atoms with van der Waals surface area (Å²) in [6, 6.07) is 4.01. The second-order valence-electron chi connectivity index (χ2n) is 3.52. The largest absolute Gasteiger partial charge is 0.357 e. The van der Waals surface area contributed by atoms with Gasteiger partial charge < -0.3 is 4.90 Å². The molecule has 1 saturated heterocycles. The fourth-order valence-corrected chi connectivity index (χ4v) is 2.08. The van der Waals surface area contributed by atoms with Gasteiger partial charge in [-0.15, -0.1) is 0 Å². The first-order chi connectivity index (χ1) is 6.90. The molecule has 2 heterocycles. The van der Waals surface area contributed by atoms with Crippen molar-refractivity contribution in [1.82, 2.24) is 4.98 Å². The molecular weight excluding hydrogens is 194 g/mol. The molecule has 2 rings (SSSR count). The van der Waals surface area contributed by atoms with Gasteiger partial charge >= 0.3 is 0 Å². The van der Waals surface area contributed by atoms with E-state index in [1.807, 2.05) is 12.3 Å². The Morgan fingerprint density at radius 3 is 2.79 bits per heavy atom. The van der Waals surface area contributed by atoms with Crippen molar-refractivity contribution in [3.8, 4) is 0 Å². The molecule has 0 spiro atoms. The molecule has 14 heavy (non-hydrogen) atoms. The van der Waals surface area contributed by atoms with Crippen molar-refractivity contribution in [1.29, 1.82) is 0 Å². The summed E-state index contributed by atoms with van der Waals surface area (Å²) in [6.07, 6.45) is 5.74. The van der Waals surface area contributed by atoms with E-state index in [1.165, 1.54) is 31.2 Å². The lowest BCUT2D eigenvalue weighted by Gasteiger charge is -2.27. The second-order valence-corrected chi connectivity index (χ2v) is 4.22. The van der Waals surface area contributed by atoms with Crippen molar-refractivity contribution >= 4 is 17.8 Å². The van der Waals surface area contributed by atoms with Gasteiger partial charge in [0.15, 0.2) is 0 Å². The van der Waals surface area contributed by atoms with Crippen LogP contribution < -0.4 is 10.0 Å². The Labute approximate surface area is 88.8 Å². The lowest BCUT2D eigenvalue weighted by Crippen LogP contribution is -2.30. The standard InChI is InChI=1S/C10H15N3S/c11-14-9-4-5-12-10(8-9)13-6-2-1-3-7-13/h4-5,8H,1-3,6-7,11H2. The predicted molar refractivity (Wildman–Crippen MR) is 60.3 cm³/mol. The van der Waals surface area contributed by atoms with Crippen molar-refractivity contribution in [3.63, 3.8) is 0 Å².